The van der Waals surface area contributed by atoms with Crippen LogP contribution in [-0.2, 0) is 11.2 Å². The van der Waals surface area contributed by atoms with Gasteiger partial charge in [0.2, 0.25) is 5.91 Å². The molecule has 1 aliphatic heterocycles. The van der Waals surface area contributed by atoms with Crippen molar-refractivity contribution in [3.8, 4) is 0 Å². The third-order valence-corrected chi connectivity index (χ3v) is 5.34. The first-order valence-corrected chi connectivity index (χ1v) is 9.15. The van der Waals surface area contributed by atoms with E-state index in [0.29, 0.717) is 12.1 Å². The Kier molecular flexibility index (Phi) is 5.20. The van der Waals surface area contributed by atoms with Crippen molar-refractivity contribution in [1.29, 1.82) is 0 Å². The van der Waals surface area contributed by atoms with E-state index in [1.807, 2.05) is 30.0 Å². The molecule has 2 atom stereocenters. The van der Waals surface area contributed by atoms with Gasteiger partial charge in [-0.3, -0.25) is 4.79 Å². The molecule has 0 unspecified atom stereocenters. The standard InChI is InChI=1S/C17H24N2OS/c20-17(19-14-8-9-14)16(11-13-5-2-1-3-6-13)18-15-7-4-10-21-12-15/h1-3,5-6,14-16,18H,4,7-12H2,(H,19,20)/t15-,16-/m1/s1. The van der Waals surface area contributed by atoms with E-state index in [-0.39, 0.29) is 11.9 Å². The Hall–Kier alpha value is -1.00. The quantitative estimate of drug-likeness (QED) is 0.848. The summed E-state index contributed by atoms with van der Waals surface area (Å²) in [6.45, 7) is 0. The summed E-state index contributed by atoms with van der Waals surface area (Å²) in [5.74, 6) is 2.56. The molecule has 1 heterocycles. The van der Waals surface area contributed by atoms with Crippen LogP contribution >= 0.6 is 11.8 Å². The van der Waals surface area contributed by atoms with Gasteiger partial charge in [-0.05, 0) is 43.4 Å². The van der Waals surface area contributed by atoms with Crippen molar-refractivity contribution in [2.75, 3.05) is 11.5 Å². The molecule has 21 heavy (non-hydrogen) atoms. The topological polar surface area (TPSA) is 41.1 Å². The molecule has 114 valence electrons. The molecule has 0 aromatic heterocycles. The van der Waals surface area contributed by atoms with Crippen LogP contribution in [0.2, 0.25) is 0 Å². The number of carbonyl (C=O) groups is 1. The second kappa shape index (κ2) is 7.32. The van der Waals surface area contributed by atoms with Crippen molar-refractivity contribution >= 4 is 17.7 Å². The summed E-state index contributed by atoms with van der Waals surface area (Å²) in [6, 6.07) is 11.1. The van der Waals surface area contributed by atoms with Crippen LogP contribution in [0.5, 0.6) is 0 Å². The van der Waals surface area contributed by atoms with Crippen molar-refractivity contribution in [2.24, 2.45) is 0 Å². The Bertz CT molecular complexity index is 455. The van der Waals surface area contributed by atoms with Crippen molar-refractivity contribution in [3.63, 3.8) is 0 Å². The van der Waals surface area contributed by atoms with Crippen LogP contribution in [0.1, 0.15) is 31.2 Å². The molecule has 1 aliphatic carbocycles. The first-order chi connectivity index (χ1) is 10.3. The Morgan fingerprint density at radius 1 is 1.19 bits per heavy atom. The first kappa shape index (κ1) is 14.9. The van der Waals surface area contributed by atoms with Crippen LogP contribution in [0, 0.1) is 0 Å². The smallest absolute Gasteiger partial charge is 0.237 e. The molecule has 1 aromatic rings. The summed E-state index contributed by atoms with van der Waals surface area (Å²) < 4.78 is 0. The van der Waals surface area contributed by atoms with Gasteiger partial charge in [-0.1, -0.05) is 30.3 Å². The van der Waals surface area contributed by atoms with E-state index in [0.717, 1.165) is 25.0 Å². The number of nitrogens with one attached hydrogen (secondary N) is 2. The highest BCUT2D eigenvalue weighted by Gasteiger charge is 2.29. The second-order valence-corrected chi connectivity index (χ2v) is 7.26. The number of benzene rings is 1. The fourth-order valence-corrected chi connectivity index (χ4v) is 3.85. The number of hydrogen-bond acceptors (Lipinski definition) is 3. The number of carbonyl (C=O) groups excluding carboxylic acids is 1. The maximum Gasteiger partial charge on any atom is 0.237 e. The predicted molar refractivity (Wildman–Crippen MR) is 88.6 cm³/mol. The van der Waals surface area contributed by atoms with E-state index in [9.17, 15) is 4.79 Å². The summed E-state index contributed by atoms with van der Waals surface area (Å²) in [7, 11) is 0. The zero-order valence-electron chi connectivity index (χ0n) is 12.4. The van der Waals surface area contributed by atoms with E-state index in [1.54, 1.807) is 0 Å². The highest BCUT2D eigenvalue weighted by atomic mass is 32.2. The molecule has 2 fully saturated rings. The zero-order valence-corrected chi connectivity index (χ0v) is 13.2. The van der Waals surface area contributed by atoms with Crippen LogP contribution in [0.25, 0.3) is 0 Å². The molecule has 0 bridgehead atoms. The van der Waals surface area contributed by atoms with E-state index in [4.69, 9.17) is 0 Å². The van der Waals surface area contributed by atoms with Crippen LogP contribution < -0.4 is 10.6 Å². The molecule has 2 N–H and O–H groups in total. The third kappa shape index (κ3) is 4.75. The van der Waals surface area contributed by atoms with Gasteiger partial charge in [0.1, 0.15) is 0 Å². The van der Waals surface area contributed by atoms with E-state index < -0.39 is 0 Å². The molecular weight excluding hydrogens is 280 g/mol. The van der Waals surface area contributed by atoms with E-state index in [2.05, 4.69) is 22.8 Å². The maximum absolute atomic E-state index is 12.5. The lowest BCUT2D eigenvalue weighted by molar-refractivity contribution is -0.123. The SMILES string of the molecule is O=C(NC1CC1)[C@@H](Cc1ccccc1)N[C@@H]1CCCSC1. The Labute approximate surface area is 131 Å². The van der Waals surface area contributed by atoms with Crippen LogP contribution in [0.4, 0.5) is 0 Å². The molecule has 0 radical (unpaired) electrons. The zero-order chi connectivity index (χ0) is 14.5. The van der Waals surface area contributed by atoms with Gasteiger partial charge in [0, 0.05) is 17.8 Å². The lowest BCUT2D eigenvalue weighted by Gasteiger charge is -2.28. The van der Waals surface area contributed by atoms with Gasteiger partial charge in [-0.2, -0.15) is 11.8 Å². The largest absolute Gasteiger partial charge is 0.352 e. The highest BCUT2D eigenvalue weighted by Crippen LogP contribution is 2.20. The van der Waals surface area contributed by atoms with E-state index >= 15 is 0 Å². The third-order valence-electron chi connectivity index (χ3n) is 4.12. The minimum Gasteiger partial charge on any atom is -0.352 e. The number of hydrogen-bond donors (Lipinski definition) is 2. The lowest BCUT2D eigenvalue weighted by atomic mass is 10.0. The Morgan fingerprint density at radius 3 is 2.67 bits per heavy atom. The average Bonchev–Trinajstić information content (AvgIpc) is 3.33. The number of thioether (sulfide) groups is 1. The van der Waals surface area contributed by atoms with Crippen LogP contribution in [-0.4, -0.2) is 35.5 Å². The van der Waals surface area contributed by atoms with Crippen molar-refractivity contribution in [3.05, 3.63) is 35.9 Å². The van der Waals surface area contributed by atoms with Crippen molar-refractivity contribution in [2.45, 2.75) is 50.2 Å². The van der Waals surface area contributed by atoms with Crippen LogP contribution in [0.15, 0.2) is 30.3 Å². The van der Waals surface area contributed by atoms with Gasteiger partial charge in [0.05, 0.1) is 6.04 Å². The molecule has 0 spiro atoms. The lowest BCUT2D eigenvalue weighted by Crippen LogP contribution is -2.51. The van der Waals surface area contributed by atoms with Crippen molar-refractivity contribution in [1.82, 2.24) is 10.6 Å². The summed E-state index contributed by atoms with van der Waals surface area (Å²) in [4.78, 5) is 12.5. The molecule has 2 aliphatic rings. The summed E-state index contributed by atoms with van der Waals surface area (Å²) >= 11 is 2.00. The molecule has 1 aromatic carbocycles. The molecule has 1 amide bonds. The summed E-state index contributed by atoms with van der Waals surface area (Å²) in [5.41, 5.74) is 1.23. The van der Waals surface area contributed by atoms with Crippen molar-refractivity contribution < 1.29 is 4.79 Å². The maximum atomic E-state index is 12.5. The molecule has 4 heteroatoms. The number of rotatable bonds is 6. The average molecular weight is 304 g/mol. The van der Waals surface area contributed by atoms with Gasteiger partial charge in [0.25, 0.3) is 0 Å². The van der Waals surface area contributed by atoms with Crippen LogP contribution in [0.3, 0.4) is 0 Å². The molecule has 3 rings (SSSR count). The molecule has 1 saturated heterocycles. The monoisotopic (exact) mass is 304 g/mol. The van der Waals surface area contributed by atoms with E-state index in [1.165, 1.54) is 24.2 Å². The predicted octanol–water partition coefficient (Wildman–Crippen LogP) is 2.36. The molecule has 1 saturated carbocycles. The first-order valence-electron chi connectivity index (χ1n) is 7.99. The van der Waals surface area contributed by atoms with Gasteiger partial charge in [-0.15, -0.1) is 0 Å². The minimum absolute atomic E-state index is 0.100. The van der Waals surface area contributed by atoms with Gasteiger partial charge < -0.3 is 10.6 Å². The normalized spacial score (nSPS) is 23.5. The fourth-order valence-electron chi connectivity index (χ4n) is 2.76. The summed E-state index contributed by atoms with van der Waals surface area (Å²) in [5, 5.41) is 6.76. The molecule has 3 nitrogen and oxygen atoms in total. The van der Waals surface area contributed by atoms with Gasteiger partial charge >= 0.3 is 0 Å². The minimum atomic E-state index is -0.100. The highest BCUT2D eigenvalue weighted by molar-refractivity contribution is 7.99. The van der Waals surface area contributed by atoms with Gasteiger partial charge in [0.15, 0.2) is 0 Å². The summed E-state index contributed by atoms with van der Waals surface area (Å²) in [6.07, 6.45) is 5.51. The Morgan fingerprint density at radius 2 is 2.00 bits per heavy atom. The fraction of sp³-hybridized carbons (Fsp3) is 0.588. The molecular formula is C17H24N2OS. The second-order valence-electron chi connectivity index (χ2n) is 6.11. The number of amides is 1. The van der Waals surface area contributed by atoms with Gasteiger partial charge in [-0.25, -0.2) is 0 Å². The Balaban J connectivity index is 1.62.